The maximum atomic E-state index is 12.9. The van der Waals surface area contributed by atoms with Crippen molar-refractivity contribution in [3.8, 4) is 0 Å². The zero-order valence-electron chi connectivity index (χ0n) is 18.5. The molecule has 1 aromatic carbocycles. The number of amides is 1. The highest BCUT2D eigenvalue weighted by Gasteiger charge is 2.50. The molecule has 1 N–H and O–H groups in total. The molecule has 1 aliphatic carbocycles. The first-order valence-corrected chi connectivity index (χ1v) is 10.9. The van der Waals surface area contributed by atoms with E-state index in [2.05, 4.69) is 41.1 Å². The van der Waals surface area contributed by atoms with Crippen molar-refractivity contribution in [3.05, 3.63) is 35.4 Å². The molecule has 32 heavy (non-hydrogen) atoms. The number of carbonyl (C=O) groups is 2. The summed E-state index contributed by atoms with van der Waals surface area (Å²) in [6.45, 7) is 4.84. The molecule has 4 rings (SSSR count). The van der Waals surface area contributed by atoms with Gasteiger partial charge in [0.1, 0.15) is 0 Å². The van der Waals surface area contributed by atoms with E-state index in [0.29, 0.717) is 24.2 Å². The van der Waals surface area contributed by atoms with Crippen LogP contribution in [0.4, 0.5) is 13.2 Å². The van der Waals surface area contributed by atoms with Crippen molar-refractivity contribution in [1.29, 1.82) is 0 Å². The molecule has 6 nitrogen and oxygen atoms in total. The molecule has 178 valence electrons. The second-order valence-corrected chi connectivity index (χ2v) is 9.33. The highest BCUT2D eigenvalue weighted by molar-refractivity contribution is 5.77. The zero-order valence-corrected chi connectivity index (χ0v) is 18.5. The van der Waals surface area contributed by atoms with Crippen LogP contribution in [0.2, 0.25) is 0 Å². The van der Waals surface area contributed by atoms with E-state index in [1.54, 1.807) is 7.11 Å². The van der Waals surface area contributed by atoms with Gasteiger partial charge in [-0.3, -0.25) is 4.79 Å². The topological polar surface area (TPSA) is 70.1 Å². The van der Waals surface area contributed by atoms with Gasteiger partial charge < -0.3 is 19.6 Å². The predicted molar refractivity (Wildman–Crippen MR) is 112 cm³/mol. The summed E-state index contributed by atoms with van der Waals surface area (Å²) in [5, 5.41) is 7.12. The number of nitrogens with zero attached hydrogens (tertiary/aromatic N) is 2. The smallest absolute Gasteiger partial charge is 0.475 e. The molecular weight excluding hydrogens is 425 g/mol. The molecule has 3 aliphatic rings. The van der Waals surface area contributed by atoms with Crippen LogP contribution in [0.15, 0.2) is 24.3 Å². The minimum atomic E-state index is -5.08. The lowest BCUT2D eigenvalue weighted by Gasteiger charge is -2.30. The van der Waals surface area contributed by atoms with Crippen LogP contribution in [0.25, 0.3) is 0 Å². The fourth-order valence-electron chi connectivity index (χ4n) is 5.47. The van der Waals surface area contributed by atoms with Gasteiger partial charge in [-0.15, -0.1) is 0 Å². The molecule has 0 saturated carbocycles. The molecule has 1 aromatic rings. The van der Waals surface area contributed by atoms with Gasteiger partial charge in [0.2, 0.25) is 5.91 Å². The standard InChI is InChI=1S/C21H30N2O2.C2HF3O2/c1-22-12-19(13-25-2)21(14-22)7-8-23(15-21)20(24)11-16-9-17-5-3-4-6-18(17)10-16;3-2(4,5)1(6)7/h3-6,16,19H,7-15H2,1-2H3;(H,6,7)/t19-,21+;/m0./s1. The fraction of sp³-hybridized carbons (Fsp3) is 0.652. The number of fused-ring (bicyclic) bond motifs is 1. The third kappa shape index (κ3) is 5.61. The highest BCUT2D eigenvalue weighted by atomic mass is 19.4. The van der Waals surface area contributed by atoms with E-state index in [1.165, 1.54) is 11.1 Å². The Morgan fingerprint density at radius 3 is 2.31 bits per heavy atom. The minimum absolute atomic E-state index is 0.249. The van der Waals surface area contributed by atoms with E-state index in [0.717, 1.165) is 52.0 Å². The molecule has 2 aliphatic heterocycles. The minimum Gasteiger partial charge on any atom is -0.475 e. The Morgan fingerprint density at radius 2 is 1.78 bits per heavy atom. The lowest BCUT2D eigenvalue weighted by Crippen LogP contribution is -2.38. The second kappa shape index (κ2) is 9.79. The third-order valence-corrected chi connectivity index (χ3v) is 6.93. The van der Waals surface area contributed by atoms with Crippen LogP contribution in [-0.4, -0.2) is 79.9 Å². The Balaban J connectivity index is 0.000000360. The Kier molecular flexibility index (Phi) is 7.50. The summed E-state index contributed by atoms with van der Waals surface area (Å²) in [7, 11) is 3.99. The number of alkyl halides is 3. The number of halogens is 3. The number of carbonyl (C=O) groups excluding carboxylic acids is 1. The molecule has 1 spiro atoms. The zero-order chi connectivity index (χ0) is 23.5. The molecule has 0 radical (unpaired) electrons. The van der Waals surface area contributed by atoms with Crippen molar-refractivity contribution in [2.75, 3.05) is 46.9 Å². The summed E-state index contributed by atoms with van der Waals surface area (Å²) in [4.78, 5) is 26.4. The van der Waals surface area contributed by atoms with Crippen molar-refractivity contribution in [1.82, 2.24) is 9.80 Å². The number of benzene rings is 1. The first-order valence-electron chi connectivity index (χ1n) is 10.9. The maximum absolute atomic E-state index is 12.9. The number of hydrogen-bond acceptors (Lipinski definition) is 4. The van der Waals surface area contributed by atoms with Crippen molar-refractivity contribution in [2.24, 2.45) is 17.3 Å². The Hall–Kier alpha value is -2.13. The summed E-state index contributed by atoms with van der Waals surface area (Å²) in [6.07, 6.45) is -1.12. The number of hydrogen-bond donors (Lipinski definition) is 1. The normalized spacial score (nSPS) is 25.7. The first kappa shape index (κ1) is 24.5. The molecular formula is C23H31F3N2O4. The number of carboxylic acids is 1. The van der Waals surface area contributed by atoms with E-state index in [-0.39, 0.29) is 5.41 Å². The average molecular weight is 457 g/mol. The number of rotatable bonds is 4. The van der Waals surface area contributed by atoms with Crippen LogP contribution in [0.5, 0.6) is 0 Å². The summed E-state index contributed by atoms with van der Waals surface area (Å²) >= 11 is 0. The van der Waals surface area contributed by atoms with Gasteiger partial charge in [0.25, 0.3) is 0 Å². The van der Waals surface area contributed by atoms with Crippen LogP contribution >= 0.6 is 0 Å². The van der Waals surface area contributed by atoms with E-state index < -0.39 is 12.1 Å². The fourth-order valence-corrected chi connectivity index (χ4v) is 5.47. The number of likely N-dealkylation sites (tertiary alicyclic amines) is 2. The molecule has 1 amide bonds. The van der Waals surface area contributed by atoms with Gasteiger partial charge in [-0.2, -0.15) is 13.2 Å². The van der Waals surface area contributed by atoms with Gasteiger partial charge in [0.05, 0.1) is 6.61 Å². The molecule has 0 aromatic heterocycles. The predicted octanol–water partition coefficient (Wildman–Crippen LogP) is 2.85. The number of aliphatic carboxylic acids is 1. The number of methoxy groups -OCH3 is 1. The van der Waals surface area contributed by atoms with Crippen molar-refractivity contribution in [2.45, 2.75) is 31.9 Å². The van der Waals surface area contributed by atoms with Gasteiger partial charge in [-0.05, 0) is 43.4 Å². The van der Waals surface area contributed by atoms with Crippen LogP contribution in [0.3, 0.4) is 0 Å². The Morgan fingerprint density at radius 1 is 1.19 bits per heavy atom. The first-order chi connectivity index (χ1) is 15.0. The van der Waals surface area contributed by atoms with E-state index >= 15 is 0 Å². The molecule has 2 saturated heterocycles. The highest BCUT2D eigenvalue weighted by Crippen LogP contribution is 2.44. The monoisotopic (exact) mass is 456 g/mol. The van der Waals surface area contributed by atoms with Crippen LogP contribution in [-0.2, 0) is 27.2 Å². The average Bonchev–Trinajstić information content (AvgIpc) is 3.39. The van der Waals surface area contributed by atoms with E-state index in [1.807, 2.05) is 0 Å². The van der Waals surface area contributed by atoms with E-state index in [4.69, 9.17) is 14.6 Å². The molecule has 0 bridgehead atoms. The van der Waals surface area contributed by atoms with Crippen molar-refractivity contribution < 1.29 is 32.6 Å². The Bertz CT molecular complexity index is 807. The number of carboxylic acid groups (broad SMARTS) is 1. The largest absolute Gasteiger partial charge is 0.490 e. The quantitative estimate of drug-likeness (QED) is 0.755. The van der Waals surface area contributed by atoms with Crippen molar-refractivity contribution >= 4 is 11.9 Å². The van der Waals surface area contributed by atoms with Crippen LogP contribution in [0.1, 0.15) is 24.0 Å². The molecule has 0 unspecified atom stereocenters. The third-order valence-electron chi connectivity index (χ3n) is 6.93. The van der Waals surface area contributed by atoms with Gasteiger partial charge in [0, 0.05) is 51.0 Å². The summed E-state index contributed by atoms with van der Waals surface area (Å²) in [6, 6.07) is 8.66. The lowest BCUT2D eigenvalue weighted by molar-refractivity contribution is -0.192. The Labute approximate surface area is 186 Å². The summed E-state index contributed by atoms with van der Waals surface area (Å²) in [5.41, 5.74) is 3.13. The molecule has 2 heterocycles. The van der Waals surface area contributed by atoms with Crippen molar-refractivity contribution in [3.63, 3.8) is 0 Å². The van der Waals surface area contributed by atoms with Gasteiger partial charge in [-0.25, -0.2) is 4.79 Å². The molecule has 2 atom stereocenters. The molecule has 2 fully saturated rings. The maximum Gasteiger partial charge on any atom is 0.490 e. The lowest BCUT2D eigenvalue weighted by atomic mass is 9.77. The summed E-state index contributed by atoms with van der Waals surface area (Å²) in [5.74, 6) is -1.36. The van der Waals surface area contributed by atoms with E-state index in [9.17, 15) is 18.0 Å². The van der Waals surface area contributed by atoms with Crippen LogP contribution in [0, 0.1) is 17.3 Å². The van der Waals surface area contributed by atoms with Gasteiger partial charge in [-0.1, -0.05) is 24.3 Å². The summed E-state index contributed by atoms with van der Waals surface area (Å²) < 4.78 is 37.2. The second-order valence-electron chi connectivity index (χ2n) is 9.33. The van der Waals surface area contributed by atoms with Gasteiger partial charge >= 0.3 is 12.1 Å². The SMILES string of the molecule is COC[C@@H]1CN(C)C[C@@]12CCN(C(=O)CC1Cc3ccccc3C1)C2.O=C(O)C(F)(F)F. The number of ether oxygens (including phenoxy) is 1. The molecule has 9 heteroatoms. The van der Waals surface area contributed by atoms with Gasteiger partial charge in [0.15, 0.2) is 0 Å². The van der Waals surface area contributed by atoms with Crippen LogP contribution < -0.4 is 0 Å².